The molecule has 0 heterocycles. The highest BCUT2D eigenvalue weighted by Gasteiger charge is 2.09. The molecule has 0 saturated heterocycles. The third kappa shape index (κ3) is 3.72. The van der Waals surface area contributed by atoms with Crippen LogP contribution in [-0.4, -0.2) is 0 Å². The quantitative estimate of drug-likeness (QED) is 0.697. The smallest absolute Gasteiger partial charge is 0.0485 e. The van der Waals surface area contributed by atoms with E-state index in [1.165, 1.54) is 20.4 Å². The lowest BCUT2D eigenvalue weighted by Gasteiger charge is -2.20. The Bertz CT molecular complexity index is 531. The maximum Gasteiger partial charge on any atom is 0.0485 e. The van der Waals surface area contributed by atoms with E-state index in [0.717, 1.165) is 0 Å². The van der Waals surface area contributed by atoms with Crippen molar-refractivity contribution in [2.45, 2.75) is 32.7 Å². The number of halogens is 1. The van der Waals surface area contributed by atoms with E-state index in [4.69, 9.17) is 0 Å². The second-order valence-corrected chi connectivity index (χ2v) is 6.41. The first-order valence-electron chi connectivity index (χ1n) is 6.69. The molecule has 2 aromatic carbocycles. The van der Waals surface area contributed by atoms with Crippen LogP contribution in [0.3, 0.4) is 0 Å². The lowest BCUT2D eigenvalue weighted by Crippen LogP contribution is -2.08. The molecule has 0 fully saturated rings. The Balaban J connectivity index is 2.19. The molecule has 2 aromatic rings. The SMILES string of the molecule is CC(C)c1ccccc1NC(C)c1ccc(I)cc1. The summed E-state index contributed by atoms with van der Waals surface area (Å²) in [7, 11) is 0. The van der Waals surface area contributed by atoms with E-state index in [-0.39, 0.29) is 0 Å². The van der Waals surface area contributed by atoms with Crippen LogP contribution in [0.4, 0.5) is 5.69 Å². The fraction of sp³-hybridized carbons (Fsp3) is 0.294. The monoisotopic (exact) mass is 365 g/mol. The van der Waals surface area contributed by atoms with E-state index >= 15 is 0 Å². The average molecular weight is 365 g/mol. The zero-order valence-corrected chi connectivity index (χ0v) is 13.8. The van der Waals surface area contributed by atoms with Gasteiger partial charge in [-0.25, -0.2) is 0 Å². The van der Waals surface area contributed by atoms with Crippen LogP contribution in [0, 0.1) is 3.57 Å². The summed E-state index contributed by atoms with van der Waals surface area (Å²) in [4.78, 5) is 0. The fourth-order valence-electron chi connectivity index (χ4n) is 2.20. The van der Waals surface area contributed by atoms with Crippen molar-refractivity contribution >= 4 is 28.3 Å². The predicted octanol–water partition coefficient (Wildman–Crippen LogP) is 5.59. The molecule has 2 heteroatoms. The highest BCUT2D eigenvalue weighted by atomic mass is 127. The van der Waals surface area contributed by atoms with Crippen LogP contribution in [-0.2, 0) is 0 Å². The maximum absolute atomic E-state index is 3.63. The Morgan fingerprint density at radius 1 is 0.895 bits per heavy atom. The van der Waals surface area contributed by atoms with Crippen molar-refractivity contribution < 1.29 is 0 Å². The molecular formula is C17H20IN. The number of rotatable bonds is 4. The second-order valence-electron chi connectivity index (χ2n) is 5.16. The van der Waals surface area contributed by atoms with Gasteiger partial charge in [0.1, 0.15) is 0 Å². The molecule has 0 aliphatic carbocycles. The van der Waals surface area contributed by atoms with E-state index in [0.29, 0.717) is 12.0 Å². The van der Waals surface area contributed by atoms with Gasteiger partial charge in [-0.2, -0.15) is 0 Å². The number of nitrogens with one attached hydrogen (secondary N) is 1. The zero-order chi connectivity index (χ0) is 13.8. The minimum Gasteiger partial charge on any atom is -0.378 e. The summed E-state index contributed by atoms with van der Waals surface area (Å²) in [5, 5.41) is 3.63. The molecule has 0 spiro atoms. The molecular weight excluding hydrogens is 345 g/mol. The molecule has 2 rings (SSSR count). The van der Waals surface area contributed by atoms with E-state index in [9.17, 15) is 0 Å². The lowest BCUT2D eigenvalue weighted by atomic mass is 10.00. The molecule has 0 aliphatic rings. The van der Waals surface area contributed by atoms with Crippen molar-refractivity contribution in [3.63, 3.8) is 0 Å². The highest BCUT2D eigenvalue weighted by molar-refractivity contribution is 14.1. The van der Waals surface area contributed by atoms with Gasteiger partial charge >= 0.3 is 0 Å². The van der Waals surface area contributed by atoms with Crippen LogP contribution in [0.5, 0.6) is 0 Å². The first-order valence-corrected chi connectivity index (χ1v) is 7.76. The molecule has 0 radical (unpaired) electrons. The maximum atomic E-state index is 3.63. The summed E-state index contributed by atoms with van der Waals surface area (Å²) >= 11 is 2.34. The standard InChI is InChI=1S/C17H20IN/c1-12(2)16-6-4-5-7-17(16)19-13(3)14-8-10-15(18)11-9-14/h4-13,19H,1-3H3. The van der Waals surface area contributed by atoms with Crippen LogP contribution >= 0.6 is 22.6 Å². The highest BCUT2D eigenvalue weighted by Crippen LogP contribution is 2.27. The number of hydrogen-bond acceptors (Lipinski definition) is 1. The Morgan fingerprint density at radius 3 is 2.16 bits per heavy atom. The summed E-state index contributed by atoms with van der Waals surface area (Å²) in [6.45, 7) is 6.67. The van der Waals surface area contributed by atoms with Gasteiger partial charge in [0, 0.05) is 15.3 Å². The van der Waals surface area contributed by atoms with Gasteiger partial charge in [0.2, 0.25) is 0 Å². The minimum atomic E-state index is 0.317. The summed E-state index contributed by atoms with van der Waals surface area (Å²) in [6, 6.07) is 17.6. The lowest BCUT2D eigenvalue weighted by molar-refractivity contribution is 0.841. The molecule has 0 bridgehead atoms. The number of para-hydroxylation sites is 1. The molecule has 19 heavy (non-hydrogen) atoms. The first-order chi connectivity index (χ1) is 9.08. The third-order valence-corrected chi connectivity index (χ3v) is 4.04. The molecule has 1 unspecified atom stereocenters. The van der Waals surface area contributed by atoms with Gasteiger partial charge in [-0.1, -0.05) is 44.2 Å². The van der Waals surface area contributed by atoms with Crippen molar-refractivity contribution in [1.82, 2.24) is 0 Å². The van der Waals surface area contributed by atoms with Crippen molar-refractivity contribution in [1.29, 1.82) is 0 Å². The van der Waals surface area contributed by atoms with Crippen molar-refractivity contribution in [3.05, 3.63) is 63.2 Å². The minimum absolute atomic E-state index is 0.317. The summed E-state index contributed by atoms with van der Waals surface area (Å²) in [6.07, 6.45) is 0. The van der Waals surface area contributed by atoms with Gasteiger partial charge in [0.05, 0.1) is 0 Å². The molecule has 1 nitrogen and oxygen atoms in total. The van der Waals surface area contributed by atoms with Gasteiger partial charge in [-0.3, -0.25) is 0 Å². The molecule has 100 valence electrons. The fourth-order valence-corrected chi connectivity index (χ4v) is 2.56. The van der Waals surface area contributed by atoms with Crippen LogP contribution in [0.2, 0.25) is 0 Å². The summed E-state index contributed by atoms with van der Waals surface area (Å²) < 4.78 is 1.27. The Labute approximate surface area is 129 Å². The number of hydrogen-bond donors (Lipinski definition) is 1. The summed E-state index contributed by atoms with van der Waals surface area (Å²) in [5.41, 5.74) is 3.93. The molecule has 1 atom stereocenters. The van der Waals surface area contributed by atoms with E-state index in [1.807, 2.05) is 0 Å². The van der Waals surface area contributed by atoms with Crippen LogP contribution in [0.15, 0.2) is 48.5 Å². The molecule has 1 N–H and O–H groups in total. The van der Waals surface area contributed by atoms with Crippen LogP contribution < -0.4 is 5.32 Å². The van der Waals surface area contributed by atoms with Crippen molar-refractivity contribution in [3.8, 4) is 0 Å². The first kappa shape index (κ1) is 14.4. The van der Waals surface area contributed by atoms with Crippen molar-refractivity contribution in [2.24, 2.45) is 0 Å². The Morgan fingerprint density at radius 2 is 1.53 bits per heavy atom. The third-order valence-electron chi connectivity index (χ3n) is 3.32. The normalized spacial score (nSPS) is 12.5. The van der Waals surface area contributed by atoms with Gasteiger partial charge < -0.3 is 5.32 Å². The van der Waals surface area contributed by atoms with Crippen LogP contribution in [0.25, 0.3) is 0 Å². The molecule has 0 aromatic heterocycles. The van der Waals surface area contributed by atoms with Crippen LogP contribution in [0.1, 0.15) is 43.9 Å². The summed E-state index contributed by atoms with van der Waals surface area (Å²) in [5.74, 6) is 0.535. The molecule has 0 aliphatic heterocycles. The van der Waals surface area contributed by atoms with Gasteiger partial charge in [-0.05, 0) is 64.8 Å². The van der Waals surface area contributed by atoms with Gasteiger partial charge in [-0.15, -0.1) is 0 Å². The Hall–Kier alpha value is -1.03. The van der Waals surface area contributed by atoms with Crippen molar-refractivity contribution in [2.75, 3.05) is 5.32 Å². The average Bonchev–Trinajstić information content (AvgIpc) is 2.39. The van der Waals surface area contributed by atoms with E-state index in [2.05, 4.69) is 97.2 Å². The largest absolute Gasteiger partial charge is 0.378 e. The number of anilines is 1. The number of benzene rings is 2. The van der Waals surface area contributed by atoms with E-state index in [1.54, 1.807) is 0 Å². The topological polar surface area (TPSA) is 12.0 Å². The Kier molecular flexibility index (Phi) is 4.86. The predicted molar refractivity (Wildman–Crippen MR) is 91.7 cm³/mol. The zero-order valence-electron chi connectivity index (χ0n) is 11.7. The molecule has 0 amide bonds. The van der Waals surface area contributed by atoms with E-state index < -0.39 is 0 Å². The van der Waals surface area contributed by atoms with Gasteiger partial charge in [0.15, 0.2) is 0 Å². The van der Waals surface area contributed by atoms with Gasteiger partial charge in [0.25, 0.3) is 0 Å². The molecule has 0 saturated carbocycles. The second kappa shape index (κ2) is 6.42.